The van der Waals surface area contributed by atoms with Crippen LogP contribution in [-0.4, -0.2) is 25.7 Å². The minimum absolute atomic E-state index is 0.00972. The Morgan fingerprint density at radius 2 is 2.00 bits per heavy atom. The fourth-order valence-corrected chi connectivity index (χ4v) is 2.31. The summed E-state index contributed by atoms with van der Waals surface area (Å²) in [6.07, 6.45) is 3.12. The first-order chi connectivity index (χ1) is 10.1. The van der Waals surface area contributed by atoms with Gasteiger partial charge in [-0.15, -0.1) is 0 Å². The molecule has 0 radical (unpaired) electrons. The number of nitrogens with two attached hydrogens (primary N) is 1. The van der Waals surface area contributed by atoms with Crippen molar-refractivity contribution < 1.29 is 9.53 Å². The molecule has 1 aromatic rings. The van der Waals surface area contributed by atoms with Crippen LogP contribution in [0.4, 0.5) is 0 Å². The van der Waals surface area contributed by atoms with Gasteiger partial charge in [-0.2, -0.15) is 0 Å². The van der Waals surface area contributed by atoms with Crippen molar-refractivity contribution in [2.75, 3.05) is 13.7 Å². The summed E-state index contributed by atoms with van der Waals surface area (Å²) in [5, 5.41) is 3.06. The smallest absolute Gasteiger partial charge is 0.225 e. The number of rotatable bonds is 9. The normalized spacial score (nSPS) is 15.2. The Morgan fingerprint density at radius 1 is 1.33 bits per heavy atom. The molecule has 4 heteroatoms. The van der Waals surface area contributed by atoms with E-state index in [1.54, 1.807) is 7.11 Å². The van der Waals surface area contributed by atoms with Crippen molar-refractivity contribution in [3.8, 4) is 0 Å². The van der Waals surface area contributed by atoms with Gasteiger partial charge in [-0.25, -0.2) is 0 Å². The summed E-state index contributed by atoms with van der Waals surface area (Å²) in [7, 11) is 1.66. The largest absolute Gasteiger partial charge is 0.383 e. The van der Waals surface area contributed by atoms with Crippen LogP contribution in [0.1, 0.15) is 44.7 Å². The Bertz CT molecular complexity index is 409. The molecule has 0 aliphatic rings. The van der Waals surface area contributed by atoms with Gasteiger partial charge >= 0.3 is 0 Å². The van der Waals surface area contributed by atoms with Gasteiger partial charge in [-0.05, 0) is 12.0 Å². The van der Waals surface area contributed by atoms with E-state index < -0.39 is 0 Å². The predicted octanol–water partition coefficient (Wildman–Crippen LogP) is 2.64. The zero-order chi connectivity index (χ0) is 15.7. The van der Waals surface area contributed by atoms with E-state index in [2.05, 4.69) is 12.2 Å². The van der Waals surface area contributed by atoms with Crippen molar-refractivity contribution in [2.45, 2.75) is 45.2 Å². The second kappa shape index (κ2) is 9.53. The SMILES string of the molecule is CCCCC(COC)NC(=O)C(C)C(N)c1ccccc1. The second-order valence-electron chi connectivity index (χ2n) is 5.53. The lowest BCUT2D eigenvalue weighted by Gasteiger charge is -2.24. The molecule has 1 rings (SSSR count). The van der Waals surface area contributed by atoms with Crippen molar-refractivity contribution in [2.24, 2.45) is 11.7 Å². The Hall–Kier alpha value is -1.39. The molecular formula is C17H28N2O2. The predicted molar refractivity (Wildman–Crippen MR) is 85.9 cm³/mol. The third kappa shape index (κ3) is 5.86. The number of hydrogen-bond donors (Lipinski definition) is 2. The third-order valence-corrected chi connectivity index (χ3v) is 3.76. The maximum Gasteiger partial charge on any atom is 0.225 e. The molecule has 3 unspecified atom stereocenters. The number of unbranched alkanes of at least 4 members (excludes halogenated alkanes) is 1. The molecule has 0 saturated carbocycles. The van der Waals surface area contributed by atoms with E-state index in [1.165, 1.54) is 0 Å². The molecule has 0 aliphatic carbocycles. The summed E-state index contributed by atoms with van der Waals surface area (Å²) in [4.78, 5) is 12.4. The van der Waals surface area contributed by atoms with Gasteiger partial charge in [-0.1, -0.05) is 57.0 Å². The van der Waals surface area contributed by atoms with Crippen molar-refractivity contribution in [1.29, 1.82) is 0 Å². The molecule has 0 heterocycles. The number of carbonyl (C=O) groups is 1. The highest BCUT2D eigenvalue weighted by molar-refractivity contribution is 5.79. The summed E-state index contributed by atoms with van der Waals surface area (Å²) in [6.45, 7) is 4.55. The first kappa shape index (κ1) is 17.7. The number of nitrogens with one attached hydrogen (secondary N) is 1. The van der Waals surface area contributed by atoms with Gasteiger partial charge in [0.1, 0.15) is 0 Å². The number of carbonyl (C=O) groups excluding carboxylic acids is 1. The van der Waals surface area contributed by atoms with Crippen molar-refractivity contribution >= 4 is 5.91 Å². The van der Waals surface area contributed by atoms with Crippen molar-refractivity contribution in [1.82, 2.24) is 5.32 Å². The number of amides is 1. The minimum Gasteiger partial charge on any atom is -0.383 e. The molecule has 0 aromatic heterocycles. The number of ether oxygens (including phenoxy) is 1. The summed E-state index contributed by atoms with van der Waals surface area (Å²) >= 11 is 0. The molecule has 3 N–H and O–H groups in total. The maximum atomic E-state index is 12.4. The lowest BCUT2D eigenvalue weighted by atomic mass is 9.94. The Morgan fingerprint density at radius 3 is 2.57 bits per heavy atom. The highest BCUT2D eigenvalue weighted by Gasteiger charge is 2.24. The van der Waals surface area contributed by atoms with E-state index in [0.717, 1.165) is 24.8 Å². The van der Waals surface area contributed by atoms with E-state index in [9.17, 15) is 4.79 Å². The number of methoxy groups -OCH3 is 1. The lowest BCUT2D eigenvalue weighted by Crippen LogP contribution is -2.43. The van der Waals surface area contributed by atoms with Crippen LogP contribution in [0.2, 0.25) is 0 Å². The van der Waals surface area contributed by atoms with Crippen molar-refractivity contribution in [3.05, 3.63) is 35.9 Å². The van der Waals surface area contributed by atoms with E-state index in [-0.39, 0.29) is 23.9 Å². The van der Waals surface area contributed by atoms with Gasteiger partial charge in [0.15, 0.2) is 0 Å². The summed E-state index contributed by atoms with van der Waals surface area (Å²) < 4.78 is 5.18. The fourth-order valence-electron chi connectivity index (χ4n) is 2.31. The van der Waals surface area contributed by atoms with Gasteiger partial charge < -0.3 is 15.8 Å². The van der Waals surface area contributed by atoms with Gasteiger partial charge in [0.25, 0.3) is 0 Å². The molecule has 1 aromatic carbocycles. The Balaban J connectivity index is 2.59. The van der Waals surface area contributed by atoms with E-state index >= 15 is 0 Å². The van der Waals surface area contributed by atoms with Crippen LogP contribution in [0.3, 0.4) is 0 Å². The standard InChI is InChI=1S/C17H28N2O2/c1-4-5-11-15(12-21-3)19-17(20)13(2)16(18)14-9-7-6-8-10-14/h6-10,13,15-16H,4-5,11-12,18H2,1-3H3,(H,19,20). The first-order valence-corrected chi connectivity index (χ1v) is 7.70. The highest BCUT2D eigenvalue weighted by Crippen LogP contribution is 2.19. The maximum absolute atomic E-state index is 12.4. The van der Waals surface area contributed by atoms with Crippen LogP contribution in [0.25, 0.3) is 0 Å². The van der Waals surface area contributed by atoms with Gasteiger partial charge in [0.05, 0.1) is 18.6 Å². The molecule has 21 heavy (non-hydrogen) atoms. The van der Waals surface area contributed by atoms with Crippen LogP contribution in [0.5, 0.6) is 0 Å². The number of benzene rings is 1. The lowest BCUT2D eigenvalue weighted by molar-refractivity contribution is -0.126. The topological polar surface area (TPSA) is 64.3 Å². The van der Waals surface area contributed by atoms with Crippen LogP contribution in [0, 0.1) is 5.92 Å². The van der Waals surface area contributed by atoms with Crippen LogP contribution in [0.15, 0.2) is 30.3 Å². The minimum atomic E-state index is -0.291. The molecule has 0 fully saturated rings. The van der Waals surface area contributed by atoms with Gasteiger partial charge in [0, 0.05) is 13.2 Å². The molecule has 0 saturated heterocycles. The summed E-state index contributed by atoms with van der Waals surface area (Å²) in [6, 6.07) is 9.51. The second-order valence-corrected chi connectivity index (χ2v) is 5.53. The number of hydrogen-bond acceptors (Lipinski definition) is 3. The van der Waals surface area contributed by atoms with Gasteiger partial charge in [0.2, 0.25) is 5.91 Å². The molecule has 0 aliphatic heterocycles. The fraction of sp³-hybridized carbons (Fsp3) is 0.588. The third-order valence-electron chi connectivity index (χ3n) is 3.76. The average molecular weight is 292 g/mol. The highest BCUT2D eigenvalue weighted by atomic mass is 16.5. The first-order valence-electron chi connectivity index (χ1n) is 7.70. The molecule has 4 nitrogen and oxygen atoms in total. The van der Waals surface area contributed by atoms with E-state index in [0.29, 0.717) is 6.61 Å². The van der Waals surface area contributed by atoms with Gasteiger partial charge in [-0.3, -0.25) is 4.79 Å². The van der Waals surface area contributed by atoms with Crippen molar-refractivity contribution in [3.63, 3.8) is 0 Å². The van der Waals surface area contributed by atoms with E-state index in [4.69, 9.17) is 10.5 Å². The molecule has 3 atom stereocenters. The quantitative estimate of drug-likeness (QED) is 0.735. The monoisotopic (exact) mass is 292 g/mol. The summed E-state index contributed by atoms with van der Waals surface area (Å²) in [5.41, 5.74) is 7.18. The molecule has 1 amide bonds. The molecule has 118 valence electrons. The summed E-state index contributed by atoms with van der Waals surface area (Å²) in [5.74, 6) is -0.280. The average Bonchev–Trinajstić information content (AvgIpc) is 2.52. The zero-order valence-electron chi connectivity index (χ0n) is 13.3. The molecular weight excluding hydrogens is 264 g/mol. The Kier molecular flexibility index (Phi) is 8.01. The molecule has 0 bridgehead atoms. The van der Waals surface area contributed by atoms with Crippen LogP contribution in [-0.2, 0) is 9.53 Å². The van der Waals surface area contributed by atoms with E-state index in [1.807, 2.05) is 37.3 Å². The zero-order valence-corrected chi connectivity index (χ0v) is 13.3. The molecule has 0 spiro atoms. The Labute approximate surface area is 128 Å². The van der Waals surface area contributed by atoms with Crippen LogP contribution < -0.4 is 11.1 Å². The van der Waals surface area contributed by atoms with Crippen LogP contribution >= 0.6 is 0 Å².